The Hall–Kier alpha value is -1.82. The van der Waals surface area contributed by atoms with Gasteiger partial charge in [0.05, 0.1) is 24.6 Å². The van der Waals surface area contributed by atoms with E-state index in [0.717, 1.165) is 0 Å². The van der Waals surface area contributed by atoms with E-state index in [1.54, 1.807) is 31.2 Å². The molecule has 1 aromatic rings. The van der Waals surface area contributed by atoms with Gasteiger partial charge in [-0.1, -0.05) is 17.7 Å². The number of ether oxygens (including phenoxy) is 1. The number of alkyl carbamates (subject to hydrolysis) is 1. The molecule has 18 heavy (non-hydrogen) atoms. The zero-order valence-corrected chi connectivity index (χ0v) is 10.8. The average Bonchev–Trinajstić information content (AvgIpc) is 2.35. The van der Waals surface area contributed by atoms with Crippen molar-refractivity contribution in [3.8, 4) is 0 Å². The van der Waals surface area contributed by atoms with Gasteiger partial charge in [-0.25, -0.2) is 9.80 Å². The largest absolute Gasteiger partial charge is 0.453 e. The number of anilines is 1. The summed E-state index contributed by atoms with van der Waals surface area (Å²) in [7, 11) is 1.27. The maximum atomic E-state index is 11.0. The van der Waals surface area contributed by atoms with Crippen molar-refractivity contribution < 1.29 is 9.53 Å². The van der Waals surface area contributed by atoms with Gasteiger partial charge in [0.25, 0.3) is 0 Å². The highest BCUT2D eigenvalue weighted by Gasteiger charge is 2.14. The topological polar surface area (TPSA) is 71.0 Å². The van der Waals surface area contributed by atoms with E-state index in [1.165, 1.54) is 12.1 Å². The quantitative estimate of drug-likeness (QED) is 0.660. The fourth-order valence-electron chi connectivity index (χ4n) is 1.39. The van der Waals surface area contributed by atoms with Crippen LogP contribution in [0.1, 0.15) is 6.92 Å². The molecule has 6 nitrogen and oxygen atoms in total. The molecule has 0 aliphatic rings. The Balaban J connectivity index is 2.67. The molecule has 98 valence electrons. The Morgan fingerprint density at radius 2 is 2.33 bits per heavy atom. The SMILES string of the molecule is COC(=O)NC(C)CN(N=O)c1cccc(Cl)c1. The first kappa shape index (κ1) is 14.2. The summed E-state index contributed by atoms with van der Waals surface area (Å²) in [4.78, 5) is 21.8. The lowest BCUT2D eigenvalue weighted by molar-refractivity contribution is 0.167. The molecule has 0 saturated heterocycles. The van der Waals surface area contributed by atoms with Crippen LogP contribution in [0.4, 0.5) is 10.5 Å². The number of carbonyl (C=O) groups is 1. The second-order valence-corrected chi connectivity index (χ2v) is 4.12. The van der Waals surface area contributed by atoms with Crippen LogP contribution in [0.5, 0.6) is 0 Å². The summed E-state index contributed by atoms with van der Waals surface area (Å²) in [6.07, 6.45) is -0.556. The number of methoxy groups -OCH3 is 1. The predicted octanol–water partition coefficient (Wildman–Crippen LogP) is 2.57. The minimum Gasteiger partial charge on any atom is -0.453 e. The second kappa shape index (κ2) is 6.80. The minimum atomic E-state index is -0.556. The molecule has 1 atom stereocenters. The third-order valence-corrected chi connectivity index (χ3v) is 2.44. The highest BCUT2D eigenvalue weighted by molar-refractivity contribution is 6.30. The van der Waals surface area contributed by atoms with E-state index in [9.17, 15) is 9.70 Å². The van der Waals surface area contributed by atoms with Crippen molar-refractivity contribution in [1.82, 2.24) is 5.32 Å². The van der Waals surface area contributed by atoms with Gasteiger partial charge in [0.1, 0.15) is 0 Å². The summed E-state index contributed by atoms with van der Waals surface area (Å²) in [6.45, 7) is 1.96. The molecule has 0 saturated carbocycles. The molecule has 0 bridgehead atoms. The molecule has 0 aliphatic heterocycles. The molecule has 0 spiro atoms. The normalized spacial score (nSPS) is 11.5. The van der Waals surface area contributed by atoms with Crippen LogP contribution in [0.2, 0.25) is 5.02 Å². The van der Waals surface area contributed by atoms with E-state index >= 15 is 0 Å². The third-order valence-electron chi connectivity index (χ3n) is 2.20. The number of hydrogen-bond acceptors (Lipinski definition) is 4. The van der Waals surface area contributed by atoms with Gasteiger partial charge in [-0.15, -0.1) is 4.91 Å². The molecule has 1 unspecified atom stereocenters. The average molecular weight is 272 g/mol. The van der Waals surface area contributed by atoms with Gasteiger partial charge >= 0.3 is 6.09 Å². The number of benzene rings is 1. The molecule has 1 amide bonds. The summed E-state index contributed by atoms with van der Waals surface area (Å²) < 4.78 is 4.46. The van der Waals surface area contributed by atoms with Crippen LogP contribution in [0.25, 0.3) is 0 Å². The molecule has 1 rings (SSSR count). The summed E-state index contributed by atoms with van der Waals surface area (Å²) in [5.41, 5.74) is 0.566. The second-order valence-electron chi connectivity index (χ2n) is 3.68. The van der Waals surface area contributed by atoms with Crippen molar-refractivity contribution in [1.29, 1.82) is 0 Å². The van der Waals surface area contributed by atoms with Crippen LogP contribution in [-0.4, -0.2) is 25.8 Å². The molecule has 0 fully saturated rings. The first-order valence-electron chi connectivity index (χ1n) is 5.27. The van der Waals surface area contributed by atoms with E-state index in [0.29, 0.717) is 10.7 Å². The first-order chi connectivity index (χ1) is 8.56. The van der Waals surface area contributed by atoms with Crippen molar-refractivity contribution in [3.63, 3.8) is 0 Å². The van der Waals surface area contributed by atoms with Crippen LogP contribution in [0.3, 0.4) is 0 Å². The maximum Gasteiger partial charge on any atom is 0.407 e. The van der Waals surface area contributed by atoms with Crippen LogP contribution in [-0.2, 0) is 4.74 Å². The fraction of sp³-hybridized carbons (Fsp3) is 0.364. The molecular weight excluding hydrogens is 258 g/mol. The van der Waals surface area contributed by atoms with Gasteiger partial charge < -0.3 is 10.1 Å². The number of nitrogens with one attached hydrogen (secondary N) is 1. The number of rotatable bonds is 5. The Labute approximate surface area is 110 Å². The Morgan fingerprint density at radius 3 is 2.89 bits per heavy atom. The molecule has 1 N–H and O–H groups in total. The van der Waals surface area contributed by atoms with Gasteiger partial charge in [0, 0.05) is 11.1 Å². The number of hydrogen-bond donors (Lipinski definition) is 1. The van der Waals surface area contributed by atoms with E-state index in [4.69, 9.17) is 11.6 Å². The minimum absolute atomic E-state index is 0.221. The Morgan fingerprint density at radius 1 is 1.61 bits per heavy atom. The standard InChI is InChI=1S/C11H14ClN3O3/c1-8(13-11(16)18-2)7-15(14-17)10-5-3-4-9(12)6-10/h3-6,8H,7H2,1-2H3,(H,13,16). The summed E-state index contributed by atoms with van der Waals surface area (Å²) in [5.74, 6) is 0. The highest BCUT2D eigenvalue weighted by atomic mass is 35.5. The summed E-state index contributed by atoms with van der Waals surface area (Å²) >= 11 is 5.83. The van der Waals surface area contributed by atoms with Crippen molar-refractivity contribution >= 4 is 23.4 Å². The van der Waals surface area contributed by atoms with Crippen molar-refractivity contribution in [2.45, 2.75) is 13.0 Å². The van der Waals surface area contributed by atoms with E-state index in [1.807, 2.05) is 0 Å². The van der Waals surface area contributed by atoms with Gasteiger partial charge in [0.2, 0.25) is 0 Å². The molecule has 0 aliphatic carbocycles. The zero-order valence-electron chi connectivity index (χ0n) is 10.1. The zero-order chi connectivity index (χ0) is 13.5. The van der Waals surface area contributed by atoms with Crippen LogP contribution < -0.4 is 10.3 Å². The first-order valence-corrected chi connectivity index (χ1v) is 5.65. The molecule has 0 radical (unpaired) electrons. The van der Waals surface area contributed by atoms with Gasteiger partial charge in [-0.2, -0.15) is 0 Å². The Kier molecular flexibility index (Phi) is 5.38. The lowest BCUT2D eigenvalue weighted by Gasteiger charge is -2.20. The number of carbonyl (C=O) groups excluding carboxylic acids is 1. The van der Waals surface area contributed by atoms with Gasteiger partial charge in [0.15, 0.2) is 0 Å². The summed E-state index contributed by atoms with van der Waals surface area (Å²) in [5, 5.41) is 7.17. The number of halogens is 1. The number of nitrogens with zero attached hydrogens (tertiary/aromatic N) is 2. The molecule has 1 aromatic carbocycles. The molecule has 0 heterocycles. The smallest absolute Gasteiger partial charge is 0.407 e. The van der Waals surface area contributed by atoms with Crippen molar-refractivity contribution in [3.05, 3.63) is 34.2 Å². The van der Waals surface area contributed by atoms with Crippen molar-refractivity contribution in [2.24, 2.45) is 5.29 Å². The van der Waals surface area contributed by atoms with E-state index in [2.05, 4.69) is 15.3 Å². The maximum absolute atomic E-state index is 11.0. The van der Waals surface area contributed by atoms with Gasteiger partial charge in [-0.3, -0.25) is 0 Å². The monoisotopic (exact) mass is 271 g/mol. The molecule has 7 heteroatoms. The molecular formula is C11H14ClN3O3. The number of amides is 1. The van der Waals surface area contributed by atoms with E-state index < -0.39 is 6.09 Å². The molecule has 0 aromatic heterocycles. The lowest BCUT2D eigenvalue weighted by atomic mass is 10.2. The van der Waals surface area contributed by atoms with Crippen molar-refractivity contribution in [2.75, 3.05) is 18.7 Å². The number of nitroso groups, excluding NO2 is 1. The summed E-state index contributed by atoms with van der Waals surface area (Å²) in [6, 6.07) is 6.44. The Bertz CT molecular complexity index is 428. The van der Waals surface area contributed by atoms with Gasteiger partial charge in [-0.05, 0) is 25.1 Å². The fourth-order valence-corrected chi connectivity index (χ4v) is 1.57. The lowest BCUT2D eigenvalue weighted by Crippen LogP contribution is -2.40. The predicted molar refractivity (Wildman–Crippen MR) is 69.6 cm³/mol. The van der Waals surface area contributed by atoms with Crippen LogP contribution >= 0.6 is 11.6 Å². The van der Waals surface area contributed by atoms with E-state index in [-0.39, 0.29) is 12.6 Å². The van der Waals surface area contributed by atoms with Crippen LogP contribution in [0, 0.1) is 4.91 Å². The highest BCUT2D eigenvalue weighted by Crippen LogP contribution is 2.19. The van der Waals surface area contributed by atoms with Crippen LogP contribution in [0.15, 0.2) is 29.6 Å². The third kappa shape index (κ3) is 4.21.